The van der Waals surface area contributed by atoms with Gasteiger partial charge in [-0.15, -0.1) is 0 Å². The van der Waals surface area contributed by atoms with E-state index in [0.717, 1.165) is 11.5 Å². The number of aryl methyl sites for hydroxylation is 1. The van der Waals surface area contributed by atoms with Crippen LogP contribution in [-0.2, 0) is 13.5 Å². The van der Waals surface area contributed by atoms with Crippen LogP contribution in [0, 0.1) is 0 Å². The van der Waals surface area contributed by atoms with E-state index in [1.165, 1.54) is 0 Å². The van der Waals surface area contributed by atoms with Gasteiger partial charge in [-0.2, -0.15) is 5.10 Å². The Balaban J connectivity index is 1.83. The van der Waals surface area contributed by atoms with Gasteiger partial charge < -0.3 is 10.6 Å². The Kier molecular flexibility index (Phi) is 4.12. The maximum Gasteiger partial charge on any atom is 0.251 e. The summed E-state index contributed by atoms with van der Waals surface area (Å²) >= 11 is 0. The normalized spacial score (nSPS) is 10.2. The number of rotatable bonds is 5. The Morgan fingerprint density at radius 2 is 2.05 bits per heavy atom. The van der Waals surface area contributed by atoms with Gasteiger partial charge in [0.1, 0.15) is 6.33 Å². The van der Waals surface area contributed by atoms with Crippen LogP contribution in [0.4, 0.5) is 5.69 Å². The molecule has 0 radical (unpaired) electrons. The molecule has 6 nitrogen and oxygen atoms in total. The number of hydrogen-bond donors (Lipinski definition) is 2. The second-order valence-corrected chi connectivity index (χ2v) is 4.17. The van der Waals surface area contributed by atoms with Crippen LogP contribution in [0.15, 0.2) is 30.6 Å². The van der Waals surface area contributed by atoms with E-state index in [9.17, 15) is 4.79 Å². The molecule has 1 aromatic carbocycles. The highest BCUT2D eigenvalue weighted by atomic mass is 16.1. The zero-order valence-corrected chi connectivity index (χ0v) is 11.1. The first-order valence-corrected chi connectivity index (χ1v) is 6.09. The molecule has 1 heterocycles. The minimum Gasteiger partial charge on any atom is -0.388 e. The summed E-state index contributed by atoms with van der Waals surface area (Å²) in [5, 5.41) is 10.0. The molecule has 0 saturated heterocycles. The fourth-order valence-electron chi connectivity index (χ4n) is 1.68. The van der Waals surface area contributed by atoms with E-state index in [1.807, 2.05) is 26.2 Å². The summed E-state index contributed by atoms with van der Waals surface area (Å²) in [5.74, 6) is 0.645. The number of aromatic nitrogens is 3. The van der Waals surface area contributed by atoms with E-state index in [4.69, 9.17) is 0 Å². The predicted molar refractivity (Wildman–Crippen MR) is 73.0 cm³/mol. The molecule has 1 amide bonds. The maximum absolute atomic E-state index is 11.9. The van der Waals surface area contributed by atoms with E-state index in [-0.39, 0.29) is 5.91 Å². The van der Waals surface area contributed by atoms with Gasteiger partial charge in [0.15, 0.2) is 5.82 Å². The molecule has 0 aliphatic heterocycles. The van der Waals surface area contributed by atoms with Gasteiger partial charge in [-0.3, -0.25) is 9.48 Å². The van der Waals surface area contributed by atoms with Crippen molar-refractivity contribution in [2.24, 2.45) is 7.05 Å². The number of carbonyl (C=O) groups is 1. The summed E-state index contributed by atoms with van der Waals surface area (Å²) in [6.45, 7) is 0.524. The molecule has 0 saturated carbocycles. The van der Waals surface area contributed by atoms with Crippen molar-refractivity contribution < 1.29 is 4.79 Å². The highest BCUT2D eigenvalue weighted by Crippen LogP contribution is 2.08. The molecule has 100 valence electrons. The topological polar surface area (TPSA) is 71.8 Å². The first-order valence-electron chi connectivity index (χ1n) is 6.09. The summed E-state index contributed by atoms with van der Waals surface area (Å²) in [4.78, 5) is 16.0. The molecule has 0 spiro atoms. The zero-order valence-electron chi connectivity index (χ0n) is 11.1. The van der Waals surface area contributed by atoms with Crippen LogP contribution in [-0.4, -0.2) is 34.3 Å². The summed E-state index contributed by atoms with van der Waals surface area (Å²) in [5.41, 5.74) is 1.63. The number of benzene rings is 1. The minimum atomic E-state index is -0.0846. The van der Waals surface area contributed by atoms with Gasteiger partial charge >= 0.3 is 0 Å². The van der Waals surface area contributed by atoms with Crippen molar-refractivity contribution in [2.75, 3.05) is 18.9 Å². The second kappa shape index (κ2) is 5.99. The number of nitrogens with zero attached hydrogens (tertiary/aromatic N) is 3. The molecular formula is C13H17N5O. The van der Waals surface area contributed by atoms with Crippen LogP contribution in [0.25, 0.3) is 0 Å². The Labute approximate surface area is 111 Å². The lowest BCUT2D eigenvalue weighted by atomic mass is 10.2. The van der Waals surface area contributed by atoms with E-state index in [2.05, 4.69) is 20.7 Å². The molecule has 0 aliphatic rings. The van der Waals surface area contributed by atoms with Crippen molar-refractivity contribution in [3.8, 4) is 0 Å². The molecule has 1 aromatic heterocycles. The van der Waals surface area contributed by atoms with E-state index in [1.54, 1.807) is 23.1 Å². The monoisotopic (exact) mass is 259 g/mol. The number of amides is 1. The Bertz CT molecular complexity index is 546. The molecule has 2 aromatic rings. The van der Waals surface area contributed by atoms with Crippen LogP contribution in [0.3, 0.4) is 0 Å². The van der Waals surface area contributed by atoms with E-state index >= 15 is 0 Å². The molecule has 0 atom stereocenters. The van der Waals surface area contributed by atoms with Crippen LogP contribution in [0.1, 0.15) is 16.2 Å². The third-order valence-electron chi connectivity index (χ3n) is 2.72. The van der Waals surface area contributed by atoms with Crippen LogP contribution in [0.5, 0.6) is 0 Å². The third kappa shape index (κ3) is 3.54. The van der Waals surface area contributed by atoms with Gasteiger partial charge in [-0.1, -0.05) is 0 Å². The van der Waals surface area contributed by atoms with Crippen LogP contribution < -0.4 is 10.6 Å². The quantitative estimate of drug-likeness (QED) is 0.834. The maximum atomic E-state index is 11.9. The van der Waals surface area contributed by atoms with Gasteiger partial charge in [0, 0.05) is 38.3 Å². The van der Waals surface area contributed by atoms with Crippen molar-refractivity contribution in [1.29, 1.82) is 0 Å². The fraction of sp³-hybridized carbons (Fsp3) is 0.308. The highest BCUT2D eigenvalue weighted by molar-refractivity contribution is 5.94. The molecular weight excluding hydrogens is 242 g/mol. The fourth-order valence-corrected chi connectivity index (χ4v) is 1.68. The second-order valence-electron chi connectivity index (χ2n) is 4.17. The van der Waals surface area contributed by atoms with Gasteiger partial charge in [0.2, 0.25) is 0 Å². The molecule has 0 aliphatic carbocycles. The molecule has 6 heteroatoms. The van der Waals surface area contributed by atoms with Gasteiger partial charge in [0.05, 0.1) is 0 Å². The van der Waals surface area contributed by atoms with Crippen molar-refractivity contribution >= 4 is 11.6 Å². The van der Waals surface area contributed by atoms with Gasteiger partial charge in [-0.05, 0) is 24.3 Å². The Morgan fingerprint density at radius 3 is 2.63 bits per heavy atom. The molecule has 2 N–H and O–H groups in total. The van der Waals surface area contributed by atoms with E-state index < -0.39 is 0 Å². The summed E-state index contributed by atoms with van der Waals surface area (Å²) in [6.07, 6.45) is 2.27. The summed E-state index contributed by atoms with van der Waals surface area (Å²) in [7, 11) is 3.66. The van der Waals surface area contributed by atoms with Gasteiger partial charge in [0.25, 0.3) is 5.91 Å². The summed E-state index contributed by atoms with van der Waals surface area (Å²) in [6, 6.07) is 7.32. The summed E-state index contributed by atoms with van der Waals surface area (Å²) < 4.78 is 1.65. The molecule has 19 heavy (non-hydrogen) atoms. The number of hydrogen-bond acceptors (Lipinski definition) is 4. The zero-order chi connectivity index (χ0) is 13.7. The molecule has 0 fully saturated rings. The van der Waals surface area contributed by atoms with Crippen molar-refractivity contribution in [1.82, 2.24) is 20.1 Å². The molecule has 0 unspecified atom stereocenters. The first-order chi connectivity index (χ1) is 9.19. The number of carbonyl (C=O) groups excluding carboxylic acids is 1. The lowest BCUT2D eigenvalue weighted by Gasteiger charge is -2.05. The van der Waals surface area contributed by atoms with Crippen molar-refractivity contribution in [3.63, 3.8) is 0 Å². The molecule has 2 rings (SSSR count). The van der Waals surface area contributed by atoms with Gasteiger partial charge in [-0.25, -0.2) is 4.98 Å². The van der Waals surface area contributed by atoms with Crippen molar-refractivity contribution in [2.45, 2.75) is 6.42 Å². The average molecular weight is 259 g/mol. The lowest BCUT2D eigenvalue weighted by Crippen LogP contribution is -2.25. The largest absolute Gasteiger partial charge is 0.388 e. The third-order valence-corrected chi connectivity index (χ3v) is 2.72. The van der Waals surface area contributed by atoms with E-state index in [0.29, 0.717) is 18.5 Å². The molecule has 0 bridgehead atoms. The predicted octanol–water partition coefficient (Wildman–Crippen LogP) is 0.829. The highest BCUT2D eigenvalue weighted by Gasteiger charge is 2.05. The van der Waals surface area contributed by atoms with Crippen LogP contribution >= 0.6 is 0 Å². The minimum absolute atomic E-state index is 0.0846. The van der Waals surface area contributed by atoms with Crippen molar-refractivity contribution in [3.05, 3.63) is 42.0 Å². The number of anilines is 1. The SMILES string of the molecule is CNc1ccc(C(=O)NCCc2ncn(C)n2)cc1. The Morgan fingerprint density at radius 1 is 1.32 bits per heavy atom. The average Bonchev–Trinajstić information content (AvgIpc) is 2.84. The Hall–Kier alpha value is -2.37. The smallest absolute Gasteiger partial charge is 0.251 e. The van der Waals surface area contributed by atoms with Crippen LogP contribution in [0.2, 0.25) is 0 Å². The first kappa shape index (κ1) is 13.1. The number of nitrogens with one attached hydrogen (secondary N) is 2. The standard InChI is InChI=1S/C13H17N5O/c1-14-11-5-3-10(4-6-11)13(19)15-8-7-12-16-9-18(2)17-12/h3-6,9,14H,7-8H2,1-2H3,(H,15,19). The lowest BCUT2D eigenvalue weighted by molar-refractivity contribution is 0.0954.